The van der Waals surface area contributed by atoms with Crippen LogP contribution >= 0.6 is 11.6 Å². The first-order chi connectivity index (χ1) is 9.33. The summed E-state index contributed by atoms with van der Waals surface area (Å²) in [6.45, 7) is 2.94. The van der Waals surface area contributed by atoms with Crippen LogP contribution in [-0.4, -0.2) is 40.2 Å². The van der Waals surface area contributed by atoms with E-state index in [1.165, 1.54) is 0 Å². The molecule has 1 rings (SSSR count). The van der Waals surface area contributed by atoms with Crippen LogP contribution in [0.3, 0.4) is 0 Å². The fourth-order valence-electron chi connectivity index (χ4n) is 1.56. The summed E-state index contributed by atoms with van der Waals surface area (Å²) in [5, 5.41) is 6.16. The molecule has 1 amide bonds. The van der Waals surface area contributed by atoms with Gasteiger partial charge in [-0.3, -0.25) is 4.79 Å². The second-order valence-corrected chi connectivity index (χ2v) is 6.41. The van der Waals surface area contributed by atoms with Crippen LogP contribution in [0.25, 0.3) is 0 Å². The average Bonchev–Trinajstić information content (AvgIpc) is 2.35. The van der Waals surface area contributed by atoms with Crippen LogP contribution in [0.15, 0.2) is 18.2 Å². The van der Waals surface area contributed by atoms with Crippen molar-refractivity contribution < 1.29 is 13.2 Å². The van der Waals surface area contributed by atoms with E-state index in [0.717, 1.165) is 6.26 Å². The Bertz CT molecular complexity index is 575. The molecule has 0 aliphatic carbocycles. The predicted octanol–water partition coefficient (Wildman–Crippen LogP) is 1.05. The van der Waals surface area contributed by atoms with Crippen molar-refractivity contribution in [1.29, 1.82) is 0 Å². The highest BCUT2D eigenvalue weighted by molar-refractivity contribution is 7.88. The van der Waals surface area contributed by atoms with E-state index < -0.39 is 10.0 Å². The van der Waals surface area contributed by atoms with Gasteiger partial charge in [0, 0.05) is 30.3 Å². The number of sulfonamides is 1. The molecule has 0 radical (unpaired) electrons. The molecule has 0 aromatic heterocycles. The minimum atomic E-state index is -3.24. The molecule has 0 saturated heterocycles. The summed E-state index contributed by atoms with van der Waals surface area (Å²) in [5.74, 6) is -0.307. The van der Waals surface area contributed by atoms with Crippen molar-refractivity contribution in [3.63, 3.8) is 0 Å². The fraction of sp³-hybridized carbons (Fsp3) is 0.417. The second-order valence-electron chi connectivity index (χ2n) is 4.14. The number of benzene rings is 1. The maximum Gasteiger partial charge on any atom is 0.253 e. The van der Waals surface area contributed by atoms with E-state index in [2.05, 4.69) is 15.4 Å². The van der Waals surface area contributed by atoms with Gasteiger partial charge in [0.25, 0.3) is 5.91 Å². The molecular weight excluding hydrogens is 302 g/mol. The van der Waals surface area contributed by atoms with Crippen LogP contribution in [0.5, 0.6) is 0 Å². The van der Waals surface area contributed by atoms with E-state index in [0.29, 0.717) is 22.8 Å². The summed E-state index contributed by atoms with van der Waals surface area (Å²) < 4.78 is 24.1. The van der Waals surface area contributed by atoms with Crippen molar-refractivity contribution in [2.75, 3.05) is 31.2 Å². The van der Waals surface area contributed by atoms with Crippen molar-refractivity contribution in [1.82, 2.24) is 10.0 Å². The number of hydrogen-bond donors (Lipinski definition) is 3. The first-order valence-electron chi connectivity index (χ1n) is 6.09. The third-order valence-corrected chi connectivity index (χ3v) is 3.33. The van der Waals surface area contributed by atoms with Crippen molar-refractivity contribution >= 4 is 33.2 Å². The number of rotatable bonds is 7. The Morgan fingerprint density at radius 2 is 2.00 bits per heavy atom. The number of anilines is 1. The van der Waals surface area contributed by atoms with E-state index in [1.807, 2.05) is 6.92 Å². The predicted molar refractivity (Wildman–Crippen MR) is 80.8 cm³/mol. The topological polar surface area (TPSA) is 87.3 Å². The molecule has 1 aromatic carbocycles. The van der Waals surface area contributed by atoms with E-state index in [1.54, 1.807) is 18.2 Å². The lowest BCUT2D eigenvalue weighted by Crippen LogP contribution is -2.34. The van der Waals surface area contributed by atoms with Gasteiger partial charge < -0.3 is 10.6 Å². The Morgan fingerprint density at radius 3 is 2.60 bits per heavy atom. The minimum Gasteiger partial charge on any atom is -0.385 e. The normalized spacial score (nSPS) is 11.2. The van der Waals surface area contributed by atoms with Crippen LogP contribution in [-0.2, 0) is 10.0 Å². The summed E-state index contributed by atoms with van der Waals surface area (Å²) in [7, 11) is -3.24. The highest BCUT2D eigenvalue weighted by atomic mass is 35.5. The maximum atomic E-state index is 12.0. The number of carbonyl (C=O) groups is 1. The summed E-state index contributed by atoms with van der Waals surface area (Å²) in [6.07, 6.45) is 1.06. The zero-order valence-electron chi connectivity index (χ0n) is 11.4. The molecule has 0 aliphatic heterocycles. The molecule has 3 N–H and O–H groups in total. The van der Waals surface area contributed by atoms with Crippen LogP contribution in [0, 0.1) is 0 Å². The fourth-order valence-corrected chi connectivity index (χ4v) is 2.20. The zero-order valence-corrected chi connectivity index (χ0v) is 12.9. The number of amides is 1. The molecule has 0 bridgehead atoms. The summed E-state index contributed by atoms with van der Waals surface area (Å²) in [4.78, 5) is 12.0. The molecule has 20 heavy (non-hydrogen) atoms. The molecule has 6 nitrogen and oxygen atoms in total. The third-order valence-electron chi connectivity index (χ3n) is 2.37. The maximum absolute atomic E-state index is 12.0. The molecule has 0 heterocycles. The van der Waals surface area contributed by atoms with Gasteiger partial charge in [0.1, 0.15) is 0 Å². The van der Waals surface area contributed by atoms with Crippen LogP contribution in [0.1, 0.15) is 17.3 Å². The molecule has 0 aliphatic rings. The molecule has 1 aromatic rings. The highest BCUT2D eigenvalue weighted by Crippen LogP contribution is 2.20. The zero-order chi connectivity index (χ0) is 15.2. The molecular formula is C12H18ClN3O3S. The smallest absolute Gasteiger partial charge is 0.253 e. The number of nitrogens with one attached hydrogen (secondary N) is 3. The Morgan fingerprint density at radius 1 is 1.30 bits per heavy atom. The van der Waals surface area contributed by atoms with Crippen LogP contribution in [0.2, 0.25) is 5.02 Å². The first kappa shape index (κ1) is 16.7. The van der Waals surface area contributed by atoms with Gasteiger partial charge in [-0.2, -0.15) is 0 Å². The Labute approximate surface area is 123 Å². The lowest BCUT2D eigenvalue weighted by atomic mass is 10.1. The largest absolute Gasteiger partial charge is 0.385 e. The second kappa shape index (κ2) is 7.47. The quantitative estimate of drug-likeness (QED) is 0.656. The number of carbonyl (C=O) groups excluding carboxylic acids is 1. The molecule has 0 spiro atoms. The van der Waals surface area contributed by atoms with E-state index in [-0.39, 0.29) is 19.0 Å². The SMILES string of the molecule is CCNc1ccc(Cl)cc1C(=O)NCCNS(C)(=O)=O. The highest BCUT2D eigenvalue weighted by Gasteiger charge is 2.11. The first-order valence-corrected chi connectivity index (χ1v) is 8.36. The Hall–Kier alpha value is -1.31. The summed E-state index contributed by atoms with van der Waals surface area (Å²) in [5.41, 5.74) is 1.11. The van der Waals surface area contributed by atoms with Gasteiger partial charge in [0.15, 0.2) is 0 Å². The van der Waals surface area contributed by atoms with Gasteiger partial charge in [-0.25, -0.2) is 13.1 Å². The van der Waals surface area contributed by atoms with Gasteiger partial charge in [0.2, 0.25) is 10.0 Å². The van der Waals surface area contributed by atoms with Crippen molar-refractivity contribution in [2.45, 2.75) is 6.92 Å². The average molecular weight is 320 g/mol. The van der Waals surface area contributed by atoms with Crippen molar-refractivity contribution in [3.8, 4) is 0 Å². The molecule has 8 heteroatoms. The molecule has 112 valence electrons. The van der Waals surface area contributed by atoms with E-state index in [9.17, 15) is 13.2 Å². The van der Waals surface area contributed by atoms with Gasteiger partial charge in [0.05, 0.1) is 11.8 Å². The standard InChI is InChI=1S/C12H18ClN3O3S/c1-3-14-11-5-4-9(13)8-10(11)12(17)15-6-7-16-20(2,18)19/h4-5,8,14,16H,3,6-7H2,1-2H3,(H,15,17). The van der Waals surface area contributed by atoms with Gasteiger partial charge in [-0.05, 0) is 25.1 Å². The minimum absolute atomic E-state index is 0.141. The lowest BCUT2D eigenvalue weighted by molar-refractivity contribution is 0.0955. The lowest BCUT2D eigenvalue weighted by Gasteiger charge is -2.11. The van der Waals surface area contributed by atoms with Gasteiger partial charge in [-0.15, -0.1) is 0 Å². The van der Waals surface area contributed by atoms with E-state index >= 15 is 0 Å². The van der Waals surface area contributed by atoms with Gasteiger partial charge >= 0.3 is 0 Å². The van der Waals surface area contributed by atoms with Gasteiger partial charge in [-0.1, -0.05) is 11.6 Å². The molecule has 0 fully saturated rings. The number of hydrogen-bond acceptors (Lipinski definition) is 4. The van der Waals surface area contributed by atoms with Crippen LogP contribution in [0.4, 0.5) is 5.69 Å². The molecule has 0 atom stereocenters. The van der Waals surface area contributed by atoms with Crippen molar-refractivity contribution in [2.24, 2.45) is 0 Å². The Kier molecular flexibility index (Phi) is 6.25. The third kappa shape index (κ3) is 5.77. The van der Waals surface area contributed by atoms with E-state index in [4.69, 9.17) is 11.6 Å². The molecule has 0 unspecified atom stereocenters. The number of halogens is 1. The van der Waals surface area contributed by atoms with Crippen LogP contribution < -0.4 is 15.4 Å². The summed E-state index contributed by atoms with van der Waals surface area (Å²) in [6, 6.07) is 5.00. The Balaban J connectivity index is 2.65. The monoisotopic (exact) mass is 319 g/mol. The van der Waals surface area contributed by atoms with Crippen molar-refractivity contribution in [3.05, 3.63) is 28.8 Å². The molecule has 0 saturated carbocycles. The summed E-state index contributed by atoms with van der Waals surface area (Å²) >= 11 is 5.88.